The van der Waals surface area contributed by atoms with Gasteiger partial charge in [-0.1, -0.05) is 11.8 Å². The Morgan fingerprint density at radius 1 is 1.33 bits per heavy atom. The highest BCUT2D eigenvalue weighted by Gasteiger charge is 2.10. The minimum absolute atomic E-state index is 0.0221. The third-order valence-electron chi connectivity index (χ3n) is 2.33. The Hall–Kier alpha value is -2.19. The van der Waals surface area contributed by atoms with Crippen LogP contribution in [0.1, 0.15) is 5.56 Å². The van der Waals surface area contributed by atoms with Crippen molar-refractivity contribution in [3.63, 3.8) is 0 Å². The normalized spacial score (nSPS) is 12.3. The number of ether oxygens (including phenoxy) is 2. The molecule has 1 aliphatic heterocycles. The molecule has 0 spiro atoms. The molecule has 0 bridgehead atoms. The summed E-state index contributed by atoms with van der Waals surface area (Å²) in [6, 6.07) is 5.51. The number of carbonyl (C=O) groups is 1. The molecule has 2 rings (SSSR count). The molecule has 0 unspecified atom stereocenters. The summed E-state index contributed by atoms with van der Waals surface area (Å²) < 4.78 is 10.9. The zero-order valence-corrected chi connectivity index (χ0v) is 9.86. The van der Waals surface area contributed by atoms with E-state index in [-0.39, 0.29) is 19.0 Å². The lowest BCUT2D eigenvalue weighted by Crippen LogP contribution is -2.30. The van der Waals surface area contributed by atoms with Gasteiger partial charge in [0.25, 0.3) is 0 Å². The molecule has 0 aliphatic carbocycles. The van der Waals surface area contributed by atoms with Crippen molar-refractivity contribution in [1.29, 1.82) is 0 Å². The summed E-state index contributed by atoms with van der Waals surface area (Å²) in [6.45, 7) is 1.38. The molecule has 3 N–H and O–H groups in total. The van der Waals surface area contributed by atoms with Crippen LogP contribution in [0.2, 0.25) is 0 Å². The average molecular weight is 246 g/mol. The van der Waals surface area contributed by atoms with Gasteiger partial charge in [0.05, 0.1) is 13.1 Å². The fourth-order valence-corrected chi connectivity index (χ4v) is 1.48. The second-order valence-electron chi connectivity index (χ2n) is 3.64. The van der Waals surface area contributed by atoms with Gasteiger partial charge < -0.3 is 20.5 Å². The maximum Gasteiger partial charge on any atom is 0.234 e. The van der Waals surface area contributed by atoms with Gasteiger partial charge in [-0.3, -0.25) is 4.79 Å². The van der Waals surface area contributed by atoms with Crippen LogP contribution in [0.15, 0.2) is 18.2 Å². The quantitative estimate of drug-likeness (QED) is 0.714. The zero-order valence-electron chi connectivity index (χ0n) is 9.86. The lowest BCUT2D eigenvalue weighted by atomic mass is 10.2. The predicted octanol–water partition coefficient (Wildman–Crippen LogP) is -0.116. The third-order valence-corrected chi connectivity index (χ3v) is 2.33. The van der Waals surface area contributed by atoms with Gasteiger partial charge in [-0.15, -0.1) is 0 Å². The first-order chi connectivity index (χ1) is 8.79. The van der Waals surface area contributed by atoms with Crippen molar-refractivity contribution in [2.24, 2.45) is 5.73 Å². The van der Waals surface area contributed by atoms with Gasteiger partial charge in [0.2, 0.25) is 5.91 Å². The number of hydrogen-bond acceptors (Lipinski definition) is 4. The van der Waals surface area contributed by atoms with E-state index >= 15 is 0 Å². The van der Waals surface area contributed by atoms with E-state index < -0.39 is 0 Å². The molecule has 18 heavy (non-hydrogen) atoms. The third kappa shape index (κ3) is 3.15. The summed E-state index contributed by atoms with van der Waals surface area (Å²) >= 11 is 0. The maximum atomic E-state index is 10.9. The molecule has 1 amide bonds. The van der Waals surface area contributed by atoms with Crippen molar-refractivity contribution in [3.8, 4) is 23.3 Å². The molecule has 1 aliphatic rings. The minimum Gasteiger partial charge on any atom is -0.486 e. The number of benzene rings is 1. The molecule has 0 atom stereocenters. The highest BCUT2D eigenvalue weighted by atomic mass is 16.6. The van der Waals surface area contributed by atoms with Gasteiger partial charge in [-0.2, -0.15) is 0 Å². The number of nitrogens with two attached hydrogens (primary N) is 1. The largest absolute Gasteiger partial charge is 0.486 e. The molecule has 0 fully saturated rings. The summed E-state index contributed by atoms with van der Waals surface area (Å²) in [7, 11) is 0. The first-order valence-corrected chi connectivity index (χ1v) is 5.65. The Labute approximate surface area is 105 Å². The average Bonchev–Trinajstić information content (AvgIpc) is 2.43. The molecule has 5 heteroatoms. The van der Waals surface area contributed by atoms with Crippen LogP contribution in [0, 0.1) is 11.8 Å². The van der Waals surface area contributed by atoms with Gasteiger partial charge in [-0.05, 0) is 18.2 Å². The van der Waals surface area contributed by atoms with E-state index in [4.69, 9.17) is 15.2 Å². The van der Waals surface area contributed by atoms with Crippen LogP contribution in [-0.4, -0.2) is 32.2 Å². The van der Waals surface area contributed by atoms with Crippen molar-refractivity contribution >= 4 is 5.91 Å². The fraction of sp³-hybridized carbons (Fsp3) is 0.308. The number of amides is 1. The summed E-state index contributed by atoms with van der Waals surface area (Å²) in [4.78, 5) is 10.9. The summed E-state index contributed by atoms with van der Waals surface area (Å²) in [6.07, 6.45) is 0. The second-order valence-corrected chi connectivity index (χ2v) is 3.64. The SMILES string of the molecule is NCC(=O)NCC#Cc1ccc2c(c1)OCCO2. The van der Waals surface area contributed by atoms with Crippen LogP contribution in [0.25, 0.3) is 0 Å². The van der Waals surface area contributed by atoms with E-state index in [2.05, 4.69) is 17.2 Å². The molecule has 5 nitrogen and oxygen atoms in total. The topological polar surface area (TPSA) is 73.6 Å². The molecule has 1 heterocycles. The van der Waals surface area contributed by atoms with Gasteiger partial charge in [-0.25, -0.2) is 0 Å². The lowest BCUT2D eigenvalue weighted by Gasteiger charge is -2.17. The van der Waals surface area contributed by atoms with E-state index in [1.807, 2.05) is 18.2 Å². The Morgan fingerprint density at radius 2 is 2.11 bits per heavy atom. The van der Waals surface area contributed by atoms with Crippen LogP contribution < -0.4 is 20.5 Å². The molecule has 0 aromatic heterocycles. The van der Waals surface area contributed by atoms with E-state index in [0.717, 1.165) is 11.3 Å². The number of nitrogens with one attached hydrogen (secondary N) is 1. The zero-order chi connectivity index (χ0) is 12.8. The van der Waals surface area contributed by atoms with Crippen LogP contribution >= 0.6 is 0 Å². The number of rotatable bonds is 2. The summed E-state index contributed by atoms with van der Waals surface area (Å²) in [5, 5.41) is 2.57. The molecular formula is C13H14N2O3. The Bertz CT molecular complexity index is 503. The number of carbonyl (C=O) groups excluding carboxylic acids is 1. The van der Waals surface area contributed by atoms with Crippen molar-refractivity contribution in [2.75, 3.05) is 26.3 Å². The van der Waals surface area contributed by atoms with E-state index in [1.165, 1.54) is 0 Å². The second kappa shape index (κ2) is 5.94. The Kier molecular flexibility index (Phi) is 4.05. The molecule has 1 aromatic carbocycles. The van der Waals surface area contributed by atoms with Crippen molar-refractivity contribution < 1.29 is 14.3 Å². The van der Waals surface area contributed by atoms with Crippen LogP contribution in [-0.2, 0) is 4.79 Å². The molecular weight excluding hydrogens is 232 g/mol. The highest BCUT2D eigenvalue weighted by molar-refractivity contribution is 5.77. The first kappa shape index (κ1) is 12.3. The molecule has 1 aromatic rings. The Balaban J connectivity index is 1.97. The molecule has 0 saturated carbocycles. The molecule has 94 valence electrons. The van der Waals surface area contributed by atoms with Crippen LogP contribution in [0.4, 0.5) is 0 Å². The monoisotopic (exact) mass is 246 g/mol. The van der Waals surface area contributed by atoms with Gasteiger partial charge in [0, 0.05) is 5.56 Å². The minimum atomic E-state index is -0.216. The van der Waals surface area contributed by atoms with Crippen molar-refractivity contribution in [2.45, 2.75) is 0 Å². The van der Waals surface area contributed by atoms with Crippen molar-refractivity contribution in [1.82, 2.24) is 5.32 Å². The smallest absolute Gasteiger partial charge is 0.234 e. The maximum absolute atomic E-state index is 10.9. The Morgan fingerprint density at radius 3 is 2.89 bits per heavy atom. The molecule has 0 radical (unpaired) electrons. The van der Waals surface area contributed by atoms with Gasteiger partial charge in [0.1, 0.15) is 13.2 Å². The molecule has 0 saturated heterocycles. The lowest BCUT2D eigenvalue weighted by molar-refractivity contribution is -0.119. The summed E-state index contributed by atoms with van der Waals surface area (Å²) in [5.74, 6) is 7.00. The van der Waals surface area contributed by atoms with E-state index in [1.54, 1.807) is 0 Å². The highest BCUT2D eigenvalue weighted by Crippen LogP contribution is 2.30. The standard InChI is InChI=1S/C13H14N2O3/c14-9-13(16)15-5-1-2-10-3-4-11-12(8-10)18-7-6-17-11/h3-4,8H,5-7,9,14H2,(H,15,16). The first-order valence-electron chi connectivity index (χ1n) is 5.65. The predicted molar refractivity (Wildman–Crippen MR) is 66.4 cm³/mol. The fourth-order valence-electron chi connectivity index (χ4n) is 1.48. The summed E-state index contributed by atoms with van der Waals surface area (Å²) in [5.41, 5.74) is 5.97. The van der Waals surface area contributed by atoms with E-state index in [0.29, 0.717) is 19.0 Å². The number of hydrogen-bond donors (Lipinski definition) is 2. The van der Waals surface area contributed by atoms with Gasteiger partial charge in [0.15, 0.2) is 11.5 Å². The van der Waals surface area contributed by atoms with Crippen molar-refractivity contribution in [3.05, 3.63) is 23.8 Å². The number of fused-ring (bicyclic) bond motifs is 1. The van der Waals surface area contributed by atoms with E-state index in [9.17, 15) is 4.79 Å². The van der Waals surface area contributed by atoms with Crippen LogP contribution in [0.5, 0.6) is 11.5 Å². The van der Waals surface area contributed by atoms with Crippen LogP contribution in [0.3, 0.4) is 0 Å². The van der Waals surface area contributed by atoms with Gasteiger partial charge >= 0.3 is 0 Å².